The third-order valence-corrected chi connectivity index (χ3v) is 5.75. The quantitative estimate of drug-likeness (QED) is 0.421. The van der Waals surface area contributed by atoms with Crippen LogP contribution in [0.4, 0.5) is 0 Å². The minimum absolute atomic E-state index is 0.150. The summed E-state index contributed by atoms with van der Waals surface area (Å²) < 4.78 is 5.93. The van der Waals surface area contributed by atoms with Crippen LogP contribution in [0.3, 0.4) is 0 Å². The zero-order valence-electron chi connectivity index (χ0n) is 19.7. The maximum absolute atomic E-state index is 11.1. The number of hydrogen-bond donors (Lipinski definition) is 3. The summed E-state index contributed by atoms with van der Waals surface area (Å²) in [5.41, 5.74) is 3.18. The SMILES string of the molecule is CC(C)(C)N(Cc1ccccc1)CC(O)c1ccc(OCc2ccccc2)c(C(O)CO)c1. The highest BCUT2D eigenvalue weighted by Crippen LogP contribution is 2.31. The maximum atomic E-state index is 11.1. The van der Waals surface area contributed by atoms with E-state index in [0.717, 1.165) is 5.56 Å². The molecule has 3 rings (SSSR count). The zero-order valence-corrected chi connectivity index (χ0v) is 19.7. The molecule has 3 aromatic carbocycles. The second-order valence-electron chi connectivity index (χ2n) is 9.32. The Morgan fingerprint density at radius 1 is 0.818 bits per heavy atom. The number of hydrogen-bond acceptors (Lipinski definition) is 5. The molecule has 33 heavy (non-hydrogen) atoms. The monoisotopic (exact) mass is 449 g/mol. The van der Waals surface area contributed by atoms with Crippen molar-refractivity contribution in [3.63, 3.8) is 0 Å². The van der Waals surface area contributed by atoms with E-state index in [2.05, 4.69) is 37.8 Å². The average Bonchev–Trinajstić information content (AvgIpc) is 2.82. The lowest BCUT2D eigenvalue weighted by molar-refractivity contribution is 0.0518. The molecule has 0 saturated carbocycles. The first-order chi connectivity index (χ1) is 15.8. The number of aliphatic hydroxyl groups excluding tert-OH is 3. The van der Waals surface area contributed by atoms with Gasteiger partial charge in [-0.3, -0.25) is 4.90 Å². The topological polar surface area (TPSA) is 73.2 Å². The Hall–Kier alpha value is -2.70. The Labute approximate surface area is 196 Å². The van der Waals surface area contributed by atoms with Crippen molar-refractivity contribution in [1.29, 1.82) is 0 Å². The summed E-state index contributed by atoms with van der Waals surface area (Å²) in [4.78, 5) is 2.23. The molecular formula is C28H35NO4. The van der Waals surface area contributed by atoms with E-state index < -0.39 is 18.8 Å². The van der Waals surface area contributed by atoms with E-state index in [1.54, 1.807) is 12.1 Å². The predicted molar refractivity (Wildman–Crippen MR) is 131 cm³/mol. The van der Waals surface area contributed by atoms with Crippen LogP contribution in [0.1, 0.15) is 55.2 Å². The highest BCUT2D eigenvalue weighted by molar-refractivity contribution is 5.40. The highest BCUT2D eigenvalue weighted by Gasteiger charge is 2.25. The van der Waals surface area contributed by atoms with E-state index in [0.29, 0.717) is 36.6 Å². The van der Waals surface area contributed by atoms with Gasteiger partial charge in [-0.25, -0.2) is 0 Å². The van der Waals surface area contributed by atoms with E-state index in [9.17, 15) is 15.3 Å². The van der Waals surface area contributed by atoms with Crippen molar-refractivity contribution in [2.45, 2.75) is 51.7 Å². The lowest BCUT2D eigenvalue weighted by Gasteiger charge is -2.37. The lowest BCUT2D eigenvalue weighted by atomic mass is 9.98. The van der Waals surface area contributed by atoms with Crippen molar-refractivity contribution in [3.8, 4) is 5.75 Å². The smallest absolute Gasteiger partial charge is 0.125 e. The van der Waals surface area contributed by atoms with Crippen molar-refractivity contribution in [2.24, 2.45) is 0 Å². The van der Waals surface area contributed by atoms with Crippen LogP contribution in [0.25, 0.3) is 0 Å². The molecule has 0 bridgehead atoms. The molecule has 0 spiro atoms. The molecule has 0 fully saturated rings. The summed E-state index contributed by atoms with van der Waals surface area (Å²) in [7, 11) is 0. The van der Waals surface area contributed by atoms with Gasteiger partial charge >= 0.3 is 0 Å². The van der Waals surface area contributed by atoms with Gasteiger partial charge in [-0.2, -0.15) is 0 Å². The predicted octanol–water partition coefficient (Wildman–Crippen LogP) is 4.63. The first-order valence-electron chi connectivity index (χ1n) is 11.3. The van der Waals surface area contributed by atoms with Gasteiger partial charge in [-0.05, 0) is 49.6 Å². The van der Waals surface area contributed by atoms with Gasteiger partial charge in [0.2, 0.25) is 0 Å². The molecule has 0 heterocycles. The Morgan fingerprint density at radius 2 is 1.42 bits per heavy atom. The van der Waals surface area contributed by atoms with Gasteiger partial charge in [0.1, 0.15) is 18.5 Å². The van der Waals surface area contributed by atoms with E-state index in [1.165, 1.54) is 5.56 Å². The van der Waals surface area contributed by atoms with Gasteiger partial charge in [-0.1, -0.05) is 66.7 Å². The number of nitrogens with zero attached hydrogens (tertiary/aromatic N) is 1. The minimum Gasteiger partial charge on any atom is -0.489 e. The normalized spacial score (nSPS) is 13.7. The van der Waals surface area contributed by atoms with Crippen molar-refractivity contribution < 1.29 is 20.1 Å². The molecule has 5 nitrogen and oxygen atoms in total. The van der Waals surface area contributed by atoms with Gasteiger partial charge in [0.25, 0.3) is 0 Å². The summed E-state index contributed by atoms with van der Waals surface area (Å²) in [5, 5.41) is 31.0. The Morgan fingerprint density at radius 3 is 2.00 bits per heavy atom. The standard InChI is InChI=1S/C28H35NO4/c1-28(2,3)29(17-21-10-6-4-7-11-21)18-25(31)23-14-15-27(24(16-23)26(32)19-30)33-20-22-12-8-5-9-13-22/h4-16,25-26,30-32H,17-20H2,1-3H3. The molecule has 176 valence electrons. The van der Waals surface area contributed by atoms with Crippen molar-refractivity contribution in [2.75, 3.05) is 13.2 Å². The molecule has 0 aliphatic rings. The van der Waals surface area contributed by atoms with Gasteiger partial charge in [0.05, 0.1) is 12.7 Å². The van der Waals surface area contributed by atoms with Crippen molar-refractivity contribution in [1.82, 2.24) is 4.90 Å². The van der Waals surface area contributed by atoms with Crippen molar-refractivity contribution >= 4 is 0 Å². The van der Waals surface area contributed by atoms with Crippen LogP contribution in [0, 0.1) is 0 Å². The molecule has 0 aromatic heterocycles. The summed E-state index contributed by atoms with van der Waals surface area (Å²) in [6.07, 6.45) is -1.85. The summed E-state index contributed by atoms with van der Waals surface area (Å²) in [5.74, 6) is 0.494. The van der Waals surface area contributed by atoms with Gasteiger partial charge in [0.15, 0.2) is 0 Å². The van der Waals surface area contributed by atoms with E-state index in [-0.39, 0.29) is 5.54 Å². The highest BCUT2D eigenvalue weighted by atomic mass is 16.5. The van der Waals surface area contributed by atoms with E-state index in [4.69, 9.17) is 4.74 Å². The molecule has 0 radical (unpaired) electrons. The number of aliphatic hydroxyl groups is 3. The average molecular weight is 450 g/mol. The van der Waals surface area contributed by atoms with Crippen LogP contribution < -0.4 is 4.74 Å². The lowest BCUT2D eigenvalue weighted by Crippen LogP contribution is -2.43. The molecule has 0 aliphatic carbocycles. The van der Waals surface area contributed by atoms with Gasteiger partial charge < -0.3 is 20.1 Å². The third kappa shape index (κ3) is 7.14. The fourth-order valence-electron chi connectivity index (χ4n) is 3.69. The van der Waals surface area contributed by atoms with Crippen LogP contribution in [0.15, 0.2) is 78.9 Å². The molecule has 0 saturated heterocycles. The minimum atomic E-state index is -1.09. The Balaban J connectivity index is 1.78. The van der Waals surface area contributed by atoms with Crippen LogP contribution in [-0.4, -0.2) is 38.9 Å². The fourth-order valence-corrected chi connectivity index (χ4v) is 3.69. The zero-order chi connectivity index (χ0) is 23.8. The first-order valence-corrected chi connectivity index (χ1v) is 11.3. The Bertz CT molecular complexity index is 986. The molecule has 3 aromatic rings. The second kappa shape index (κ2) is 11.4. The van der Waals surface area contributed by atoms with E-state index in [1.807, 2.05) is 54.6 Å². The first kappa shape index (κ1) is 24.9. The molecule has 0 aliphatic heterocycles. The maximum Gasteiger partial charge on any atom is 0.125 e. The summed E-state index contributed by atoms with van der Waals surface area (Å²) >= 11 is 0. The molecule has 3 N–H and O–H groups in total. The third-order valence-electron chi connectivity index (χ3n) is 5.75. The van der Waals surface area contributed by atoms with Gasteiger partial charge in [-0.15, -0.1) is 0 Å². The second-order valence-corrected chi connectivity index (χ2v) is 9.32. The molecule has 2 unspecified atom stereocenters. The largest absolute Gasteiger partial charge is 0.489 e. The van der Waals surface area contributed by atoms with Gasteiger partial charge in [0, 0.05) is 24.2 Å². The molecule has 5 heteroatoms. The molecule has 2 atom stereocenters. The number of ether oxygens (including phenoxy) is 1. The Kier molecular flexibility index (Phi) is 8.64. The summed E-state index contributed by atoms with van der Waals surface area (Å²) in [6.45, 7) is 7.45. The molecule has 0 amide bonds. The number of benzene rings is 3. The van der Waals surface area contributed by atoms with E-state index >= 15 is 0 Å². The van der Waals surface area contributed by atoms with Crippen LogP contribution in [0.5, 0.6) is 5.75 Å². The molecular weight excluding hydrogens is 414 g/mol. The van der Waals surface area contributed by atoms with Crippen LogP contribution in [0.2, 0.25) is 0 Å². The number of rotatable bonds is 10. The van der Waals surface area contributed by atoms with Crippen molar-refractivity contribution in [3.05, 3.63) is 101 Å². The fraction of sp³-hybridized carbons (Fsp3) is 0.357. The van der Waals surface area contributed by atoms with Crippen LogP contribution in [-0.2, 0) is 13.2 Å². The van der Waals surface area contributed by atoms with Crippen LogP contribution >= 0.6 is 0 Å². The summed E-state index contributed by atoms with van der Waals surface area (Å²) in [6, 6.07) is 25.3. The number of β-amino-alcohol motifs (C(OH)–C–C–N with tert-alkyl or cyclic N) is 1.